The van der Waals surface area contributed by atoms with Gasteiger partial charge in [0.15, 0.2) is 9.84 Å². The highest BCUT2D eigenvalue weighted by atomic mass is 32.2. The van der Waals surface area contributed by atoms with Crippen molar-refractivity contribution in [2.75, 3.05) is 6.26 Å². The van der Waals surface area contributed by atoms with E-state index in [4.69, 9.17) is 0 Å². The molecule has 116 valence electrons. The molecule has 0 atom stereocenters. The lowest BCUT2D eigenvalue weighted by atomic mass is 10.2. The highest BCUT2D eigenvalue weighted by molar-refractivity contribution is 7.90. The predicted molar refractivity (Wildman–Crippen MR) is 84.0 cm³/mol. The molecule has 0 saturated heterocycles. The summed E-state index contributed by atoms with van der Waals surface area (Å²) in [5.41, 5.74) is 0.942. The number of nitrogens with zero attached hydrogens (tertiary/aromatic N) is 4. The van der Waals surface area contributed by atoms with Crippen molar-refractivity contribution in [1.82, 2.24) is 19.5 Å². The van der Waals surface area contributed by atoms with E-state index in [2.05, 4.69) is 15.0 Å². The number of rotatable bonds is 3. The largest absolute Gasteiger partial charge is 0.281 e. The molecule has 0 amide bonds. The number of hydrogen-bond donors (Lipinski definition) is 0. The molecule has 0 fully saturated rings. The zero-order chi connectivity index (χ0) is 16.4. The van der Waals surface area contributed by atoms with Gasteiger partial charge in [0.2, 0.25) is 0 Å². The van der Waals surface area contributed by atoms with Crippen molar-refractivity contribution >= 4 is 9.84 Å². The minimum Gasteiger partial charge on any atom is -0.281 e. The van der Waals surface area contributed by atoms with Crippen molar-refractivity contribution in [2.24, 2.45) is 0 Å². The molecule has 0 radical (unpaired) electrons. The van der Waals surface area contributed by atoms with Crippen LogP contribution in [0.2, 0.25) is 0 Å². The zero-order valence-corrected chi connectivity index (χ0v) is 12.9. The predicted octanol–water partition coefficient (Wildman–Crippen LogP) is 1.09. The summed E-state index contributed by atoms with van der Waals surface area (Å²) in [4.78, 5) is 24.6. The van der Waals surface area contributed by atoms with Crippen LogP contribution in [0.15, 0.2) is 65.1 Å². The summed E-state index contributed by atoms with van der Waals surface area (Å²) in [6.45, 7) is 0. The van der Waals surface area contributed by atoms with Crippen LogP contribution in [0.4, 0.5) is 0 Å². The van der Waals surface area contributed by atoms with Crippen LogP contribution in [0.25, 0.3) is 16.9 Å². The normalized spacial score (nSPS) is 11.3. The van der Waals surface area contributed by atoms with Crippen LogP contribution in [-0.4, -0.2) is 34.2 Å². The molecule has 2 heterocycles. The molecule has 1 aromatic carbocycles. The lowest BCUT2D eigenvalue weighted by Crippen LogP contribution is -2.20. The first-order valence-electron chi connectivity index (χ1n) is 6.60. The first-order chi connectivity index (χ1) is 11.0. The lowest BCUT2D eigenvalue weighted by Gasteiger charge is -2.08. The molecule has 0 saturated carbocycles. The van der Waals surface area contributed by atoms with Gasteiger partial charge in [0.05, 0.1) is 4.90 Å². The third-order valence-corrected chi connectivity index (χ3v) is 4.35. The average Bonchev–Trinajstić information content (AvgIpc) is 2.55. The van der Waals surface area contributed by atoms with Crippen LogP contribution < -0.4 is 5.56 Å². The molecule has 2 aromatic heterocycles. The van der Waals surface area contributed by atoms with Crippen LogP contribution in [0, 0.1) is 0 Å². The Morgan fingerprint density at radius 3 is 2.30 bits per heavy atom. The van der Waals surface area contributed by atoms with Crippen LogP contribution in [0.5, 0.6) is 0 Å². The van der Waals surface area contributed by atoms with Gasteiger partial charge in [0.25, 0.3) is 5.56 Å². The summed E-state index contributed by atoms with van der Waals surface area (Å²) in [5.74, 6) is 0. The van der Waals surface area contributed by atoms with E-state index in [0.29, 0.717) is 11.3 Å². The van der Waals surface area contributed by atoms with Crippen molar-refractivity contribution < 1.29 is 8.42 Å². The standard InChI is InChI=1S/C15H12N4O3S/c1-23(21,22)13-4-2-12(3-5-13)19-7-6-18-14(15(19)20)11-8-16-10-17-9-11/h2-10H,1H3. The summed E-state index contributed by atoms with van der Waals surface area (Å²) < 4.78 is 24.4. The van der Waals surface area contributed by atoms with E-state index >= 15 is 0 Å². The highest BCUT2D eigenvalue weighted by Crippen LogP contribution is 2.14. The summed E-state index contributed by atoms with van der Waals surface area (Å²) in [5, 5.41) is 0. The Morgan fingerprint density at radius 2 is 1.70 bits per heavy atom. The van der Waals surface area contributed by atoms with Crippen LogP contribution >= 0.6 is 0 Å². The molecule has 0 aliphatic heterocycles. The minimum atomic E-state index is -3.28. The van der Waals surface area contributed by atoms with E-state index in [-0.39, 0.29) is 16.1 Å². The van der Waals surface area contributed by atoms with Gasteiger partial charge < -0.3 is 0 Å². The first kappa shape index (κ1) is 15.0. The molecule has 3 rings (SSSR count). The van der Waals surface area contributed by atoms with E-state index in [9.17, 15) is 13.2 Å². The Morgan fingerprint density at radius 1 is 1.04 bits per heavy atom. The lowest BCUT2D eigenvalue weighted by molar-refractivity contribution is 0.602. The number of hydrogen-bond acceptors (Lipinski definition) is 6. The molecule has 0 aliphatic rings. The maximum Gasteiger partial charge on any atom is 0.281 e. The molecule has 23 heavy (non-hydrogen) atoms. The molecular formula is C15H12N4O3S. The van der Waals surface area contributed by atoms with Gasteiger partial charge in [-0.25, -0.2) is 23.4 Å². The van der Waals surface area contributed by atoms with Gasteiger partial charge >= 0.3 is 0 Å². The topological polar surface area (TPSA) is 94.8 Å². The highest BCUT2D eigenvalue weighted by Gasteiger charge is 2.11. The van der Waals surface area contributed by atoms with Crippen molar-refractivity contribution in [2.45, 2.75) is 4.90 Å². The molecule has 0 unspecified atom stereocenters. The number of aromatic nitrogens is 4. The fraction of sp³-hybridized carbons (Fsp3) is 0.0667. The molecule has 0 N–H and O–H groups in total. The van der Waals surface area contributed by atoms with Crippen molar-refractivity contribution in [1.29, 1.82) is 0 Å². The summed E-state index contributed by atoms with van der Waals surface area (Å²) in [7, 11) is -3.28. The molecule has 0 bridgehead atoms. The van der Waals surface area contributed by atoms with Gasteiger partial charge in [0.1, 0.15) is 12.0 Å². The fourth-order valence-electron chi connectivity index (χ4n) is 2.09. The Kier molecular flexibility index (Phi) is 3.75. The van der Waals surface area contributed by atoms with Gasteiger partial charge in [0, 0.05) is 42.3 Å². The van der Waals surface area contributed by atoms with E-state index in [0.717, 1.165) is 6.26 Å². The fourth-order valence-corrected chi connectivity index (χ4v) is 2.72. The Hall–Kier alpha value is -2.87. The molecule has 7 nitrogen and oxygen atoms in total. The third kappa shape index (κ3) is 3.02. The van der Waals surface area contributed by atoms with Gasteiger partial charge in [-0.1, -0.05) is 0 Å². The van der Waals surface area contributed by atoms with E-state index in [1.54, 1.807) is 12.1 Å². The van der Waals surface area contributed by atoms with Crippen molar-refractivity contribution in [3.05, 3.63) is 65.7 Å². The third-order valence-electron chi connectivity index (χ3n) is 3.22. The van der Waals surface area contributed by atoms with E-state index < -0.39 is 9.84 Å². The van der Waals surface area contributed by atoms with Gasteiger partial charge in [-0.2, -0.15) is 0 Å². The average molecular weight is 328 g/mol. The van der Waals surface area contributed by atoms with Crippen molar-refractivity contribution in [3.63, 3.8) is 0 Å². The van der Waals surface area contributed by atoms with Crippen LogP contribution in [0.1, 0.15) is 0 Å². The maximum absolute atomic E-state index is 12.6. The zero-order valence-electron chi connectivity index (χ0n) is 12.1. The van der Waals surface area contributed by atoms with Gasteiger partial charge in [-0.3, -0.25) is 9.36 Å². The van der Waals surface area contributed by atoms with E-state index in [1.165, 1.54) is 47.8 Å². The molecule has 0 spiro atoms. The summed E-state index contributed by atoms with van der Waals surface area (Å²) >= 11 is 0. The SMILES string of the molecule is CS(=O)(=O)c1ccc(-n2ccnc(-c3cncnc3)c2=O)cc1. The number of sulfone groups is 1. The van der Waals surface area contributed by atoms with Crippen LogP contribution in [-0.2, 0) is 9.84 Å². The van der Waals surface area contributed by atoms with Gasteiger partial charge in [-0.15, -0.1) is 0 Å². The molecular weight excluding hydrogens is 316 g/mol. The smallest absolute Gasteiger partial charge is 0.281 e. The first-order valence-corrected chi connectivity index (χ1v) is 8.49. The Balaban J connectivity index is 2.10. The Labute approximate surface area is 132 Å². The minimum absolute atomic E-state index is 0.194. The monoisotopic (exact) mass is 328 g/mol. The molecule has 3 aromatic rings. The molecule has 8 heteroatoms. The molecule has 0 aliphatic carbocycles. The maximum atomic E-state index is 12.6. The second kappa shape index (κ2) is 5.73. The second-order valence-electron chi connectivity index (χ2n) is 4.84. The quantitative estimate of drug-likeness (QED) is 0.714. The van der Waals surface area contributed by atoms with E-state index in [1.807, 2.05) is 0 Å². The van der Waals surface area contributed by atoms with Gasteiger partial charge in [-0.05, 0) is 24.3 Å². The Bertz CT molecular complexity index is 997. The summed E-state index contributed by atoms with van der Waals surface area (Å²) in [6, 6.07) is 6.07. The van der Waals surface area contributed by atoms with Crippen molar-refractivity contribution in [3.8, 4) is 16.9 Å². The second-order valence-corrected chi connectivity index (χ2v) is 6.86. The van der Waals surface area contributed by atoms with Crippen LogP contribution in [0.3, 0.4) is 0 Å². The summed E-state index contributed by atoms with van der Waals surface area (Å²) in [6.07, 6.45) is 8.53. The number of benzene rings is 1.